The van der Waals surface area contributed by atoms with Gasteiger partial charge >= 0.3 is 0 Å². The topological polar surface area (TPSA) is 70.6 Å². The van der Waals surface area contributed by atoms with Crippen LogP contribution >= 0.6 is 0 Å². The van der Waals surface area contributed by atoms with Crippen LogP contribution in [-0.4, -0.2) is 73.1 Å². The normalized spacial score (nSPS) is 19.3. The van der Waals surface area contributed by atoms with Crippen LogP contribution in [0.2, 0.25) is 0 Å². The third-order valence-corrected chi connectivity index (χ3v) is 3.45. The van der Waals surface area contributed by atoms with E-state index < -0.39 is 0 Å². The second-order valence-corrected chi connectivity index (χ2v) is 5.36. The maximum Gasteiger partial charge on any atom is 0.236 e. The fourth-order valence-electron chi connectivity index (χ4n) is 2.24. The first-order valence-corrected chi connectivity index (χ1v) is 7.07. The zero-order valence-corrected chi connectivity index (χ0v) is 13.1. The van der Waals surface area contributed by atoms with Crippen molar-refractivity contribution in [3.05, 3.63) is 17.6 Å². The number of anilines is 1. The molecule has 1 N–H and O–H groups in total. The van der Waals surface area contributed by atoms with Gasteiger partial charge in [0.2, 0.25) is 5.91 Å². The first-order valence-electron chi connectivity index (χ1n) is 7.07. The van der Waals surface area contributed by atoms with Gasteiger partial charge in [0.05, 0.1) is 18.8 Å². The number of nitrogens with zero attached hydrogens (tertiary/aromatic N) is 4. The number of nitrogens with one attached hydrogen (secondary N) is 1. The van der Waals surface area contributed by atoms with E-state index in [1.807, 2.05) is 20.0 Å². The van der Waals surface area contributed by atoms with Crippen molar-refractivity contribution >= 4 is 11.7 Å². The summed E-state index contributed by atoms with van der Waals surface area (Å²) in [6.45, 7) is 4.30. The number of hydrogen-bond donors (Lipinski definition) is 1. The van der Waals surface area contributed by atoms with Crippen LogP contribution in [0.15, 0.2) is 6.07 Å². The van der Waals surface area contributed by atoms with E-state index in [1.54, 1.807) is 19.0 Å². The highest BCUT2D eigenvalue weighted by Gasteiger charge is 2.25. The quantitative estimate of drug-likeness (QED) is 0.860. The fraction of sp³-hybridized carbons (Fsp3) is 0.643. The molecule has 1 fully saturated rings. The summed E-state index contributed by atoms with van der Waals surface area (Å²) in [5.74, 6) is 1.59. The molecular formula is C14H23N5O2. The number of carbonyl (C=O) groups is 1. The lowest BCUT2D eigenvalue weighted by Crippen LogP contribution is -2.44. The maximum atomic E-state index is 11.8. The number of amides is 1. The molecule has 7 nitrogen and oxygen atoms in total. The van der Waals surface area contributed by atoms with Crippen molar-refractivity contribution in [2.24, 2.45) is 0 Å². The second-order valence-electron chi connectivity index (χ2n) is 5.36. The molecule has 1 saturated heterocycles. The van der Waals surface area contributed by atoms with E-state index >= 15 is 0 Å². The SMILES string of the molecule is CNc1cc([C@@H]2CN(CC(=O)N(C)C)CCO2)nc(C)n1. The Kier molecular flexibility index (Phi) is 5.08. The van der Waals surface area contributed by atoms with Crippen LogP contribution in [0, 0.1) is 6.92 Å². The summed E-state index contributed by atoms with van der Waals surface area (Å²) in [6.07, 6.45) is -0.123. The van der Waals surface area contributed by atoms with E-state index in [2.05, 4.69) is 20.2 Å². The lowest BCUT2D eigenvalue weighted by molar-refractivity contribution is -0.132. The number of likely N-dealkylation sites (N-methyl/N-ethyl adjacent to an activating group) is 1. The van der Waals surface area contributed by atoms with Crippen LogP contribution in [0.25, 0.3) is 0 Å². The summed E-state index contributed by atoms with van der Waals surface area (Å²) in [5, 5.41) is 3.02. The first-order chi connectivity index (χ1) is 9.99. The Hall–Kier alpha value is -1.73. The summed E-state index contributed by atoms with van der Waals surface area (Å²) in [7, 11) is 5.37. The summed E-state index contributed by atoms with van der Waals surface area (Å²) in [6, 6.07) is 1.90. The molecule has 1 aliphatic rings. The van der Waals surface area contributed by atoms with Crippen molar-refractivity contribution in [3.63, 3.8) is 0 Å². The van der Waals surface area contributed by atoms with Crippen LogP contribution in [0.5, 0.6) is 0 Å². The van der Waals surface area contributed by atoms with Gasteiger partial charge in [-0.1, -0.05) is 0 Å². The van der Waals surface area contributed by atoms with Crippen LogP contribution in [-0.2, 0) is 9.53 Å². The molecule has 0 aromatic carbocycles. The van der Waals surface area contributed by atoms with Gasteiger partial charge in [-0.15, -0.1) is 0 Å². The summed E-state index contributed by atoms with van der Waals surface area (Å²) in [5.41, 5.74) is 0.855. The predicted octanol–water partition coefficient (Wildman–Crippen LogP) is 0.288. The molecule has 7 heteroatoms. The van der Waals surface area contributed by atoms with Gasteiger partial charge in [-0.2, -0.15) is 0 Å². The van der Waals surface area contributed by atoms with Crippen molar-refractivity contribution in [3.8, 4) is 0 Å². The fourth-order valence-corrected chi connectivity index (χ4v) is 2.24. The molecule has 21 heavy (non-hydrogen) atoms. The highest BCUT2D eigenvalue weighted by Crippen LogP contribution is 2.22. The minimum Gasteiger partial charge on any atom is -0.373 e. The number of ether oxygens (including phenoxy) is 1. The zero-order valence-electron chi connectivity index (χ0n) is 13.1. The van der Waals surface area contributed by atoms with Gasteiger partial charge in [0.15, 0.2) is 0 Å². The lowest BCUT2D eigenvalue weighted by atomic mass is 10.2. The minimum atomic E-state index is -0.123. The Labute approximate surface area is 125 Å². The van der Waals surface area contributed by atoms with Gasteiger partial charge in [0, 0.05) is 40.3 Å². The standard InChI is InChI=1S/C14H23N5O2/c1-10-16-11(7-13(15-2)17-10)12-8-19(5-6-21-12)9-14(20)18(3)4/h7,12H,5-6,8-9H2,1-4H3,(H,15,16,17)/t12-/m0/s1. The molecular weight excluding hydrogens is 270 g/mol. The van der Waals surface area contributed by atoms with Gasteiger partial charge in [-0.25, -0.2) is 9.97 Å². The first kappa shape index (κ1) is 15.7. The molecule has 0 aliphatic carbocycles. The van der Waals surface area contributed by atoms with Crippen molar-refractivity contribution in [2.45, 2.75) is 13.0 Å². The number of hydrogen-bond acceptors (Lipinski definition) is 6. The Bertz CT molecular complexity index is 506. The highest BCUT2D eigenvalue weighted by atomic mass is 16.5. The highest BCUT2D eigenvalue weighted by molar-refractivity contribution is 5.77. The van der Waals surface area contributed by atoms with Crippen molar-refractivity contribution in [2.75, 3.05) is 52.7 Å². The number of morpholine rings is 1. The van der Waals surface area contributed by atoms with E-state index in [-0.39, 0.29) is 12.0 Å². The van der Waals surface area contributed by atoms with Gasteiger partial charge in [-0.3, -0.25) is 9.69 Å². The van der Waals surface area contributed by atoms with Crippen LogP contribution in [0.4, 0.5) is 5.82 Å². The lowest BCUT2D eigenvalue weighted by Gasteiger charge is -2.32. The smallest absolute Gasteiger partial charge is 0.236 e. The third-order valence-electron chi connectivity index (χ3n) is 3.45. The number of aryl methyl sites for hydroxylation is 1. The molecule has 116 valence electrons. The van der Waals surface area contributed by atoms with E-state index in [0.29, 0.717) is 25.5 Å². The van der Waals surface area contributed by atoms with E-state index in [9.17, 15) is 4.79 Å². The molecule has 0 spiro atoms. The van der Waals surface area contributed by atoms with E-state index in [0.717, 1.165) is 18.1 Å². The van der Waals surface area contributed by atoms with Gasteiger partial charge in [0.25, 0.3) is 0 Å². The molecule has 0 saturated carbocycles. The average Bonchev–Trinajstić information content (AvgIpc) is 2.46. The predicted molar refractivity (Wildman–Crippen MR) is 80.1 cm³/mol. The van der Waals surface area contributed by atoms with E-state index in [4.69, 9.17) is 4.74 Å². The number of rotatable bonds is 4. The monoisotopic (exact) mass is 293 g/mol. The Morgan fingerprint density at radius 2 is 2.29 bits per heavy atom. The summed E-state index contributed by atoms with van der Waals surface area (Å²) < 4.78 is 5.81. The van der Waals surface area contributed by atoms with Crippen molar-refractivity contribution in [1.82, 2.24) is 19.8 Å². The Morgan fingerprint density at radius 3 is 2.95 bits per heavy atom. The molecule has 1 amide bonds. The second kappa shape index (κ2) is 6.82. The average molecular weight is 293 g/mol. The third kappa shape index (κ3) is 4.12. The molecule has 2 heterocycles. The minimum absolute atomic E-state index is 0.102. The summed E-state index contributed by atoms with van der Waals surface area (Å²) in [4.78, 5) is 24.3. The molecule has 0 unspecified atom stereocenters. The molecule has 1 aliphatic heterocycles. The Morgan fingerprint density at radius 1 is 1.52 bits per heavy atom. The van der Waals surface area contributed by atoms with E-state index in [1.165, 1.54) is 0 Å². The molecule has 0 bridgehead atoms. The molecule has 1 atom stereocenters. The van der Waals surface area contributed by atoms with Crippen molar-refractivity contribution < 1.29 is 9.53 Å². The zero-order chi connectivity index (χ0) is 15.4. The maximum absolute atomic E-state index is 11.8. The largest absolute Gasteiger partial charge is 0.373 e. The molecule has 2 rings (SSSR count). The summed E-state index contributed by atoms with van der Waals surface area (Å²) >= 11 is 0. The number of aromatic nitrogens is 2. The van der Waals surface area contributed by atoms with Gasteiger partial charge in [0.1, 0.15) is 17.7 Å². The van der Waals surface area contributed by atoms with Crippen molar-refractivity contribution in [1.29, 1.82) is 0 Å². The molecule has 0 radical (unpaired) electrons. The van der Waals surface area contributed by atoms with Gasteiger partial charge in [-0.05, 0) is 6.92 Å². The molecule has 1 aromatic heterocycles. The number of carbonyl (C=O) groups excluding carboxylic acids is 1. The Balaban J connectivity index is 2.07. The van der Waals surface area contributed by atoms with Gasteiger partial charge < -0.3 is 15.0 Å². The van der Waals surface area contributed by atoms with Crippen LogP contribution < -0.4 is 5.32 Å². The van der Waals surface area contributed by atoms with Crippen LogP contribution in [0.3, 0.4) is 0 Å². The van der Waals surface area contributed by atoms with Crippen LogP contribution in [0.1, 0.15) is 17.6 Å². The molecule has 1 aromatic rings.